The molecule has 0 spiro atoms. The van der Waals surface area contributed by atoms with E-state index in [0.29, 0.717) is 5.70 Å². The fourth-order valence-corrected chi connectivity index (χ4v) is 3.87. The van der Waals surface area contributed by atoms with Gasteiger partial charge in [0.1, 0.15) is 0 Å². The zero-order valence-electron chi connectivity index (χ0n) is 13.9. The number of rotatable bonds is 5. The Morgan fingerprint density at radius 3 is 2.54 bits per heavy atom. The Kier molecular flexibility index (Phi) is 5.27. The van der Waals surface area contributed by atoms with Crippen molar-refractivity contribution in [3.8, 4) is 0 Å². The van der Waals surface area contributed by atoms with Gasteiger partial charge in [0.05, 0.1) is 11.1 Å². The first-order chi connectivity index (χ1) is 12.4. The highest BCUT2D eigenvalue weighted by Crippen LogP contribution is 2.41. The average Bonchev–Trinajstić information content (AvgIpc) is 3.13. The maximum absolute atomic E-state index is 12.4. The van der Waals surface area contributed by atoms with E-state index in [1.165, 1.54) is 17.9 Å². The summed E-state index contributed by atoms with van der Waals surface area (Å²) in [6, 6.07) is 9.61. The van der Waals surface area contributed by atoms with Crippen molar-refractivity contribution in [1.29, 1.82) is 0 Å². The predicted molar refractivity (Wildman–Crippen MR) is 101 cm³/mol. The van der Waals surface area contributed by atoms with Crippen LogP contribution in [0.1, 0.15) is 32.7 Å². The number of hydrogen-bond acceptors (Lipinski definition) is 4. The summed E-state index contributed by atoms with van der Waals surface area (Å²) < 4.78 is 5.52. The summed E-state index contributed by atoms with van der Waals surface area (Å²) in [5, 5.41) is 13.7. The Labute approximate surface area is 159 Å². The highest BCUT2D eigenvalue weighted by molar-refractivity contribution is 7.08. The van der Waals surface area contributed by atoms with E-state index in [4.69, 9.17) is 21.4 Å². The second-order valence-electron chi connectivity index (χ2n) is 5.71. The largest absolute Gasteiger partial charge is 0.478 e. The topological polar surface area (TPSA) is 75.6 Å². The van der Waals surface area contributed by atoms with Crippen molar-refractivity contribution in [2.24, 2.45) is 0 Å². The number of benzene rings is 1. The molecule has 0 bridgehead atoms. The molecule has 5 nitrogen and oxygen atoms in total. The van der Waals surface area contributed by atoms with Crippen molar-refractivity contribution in [2.45, 2.75) is 11.5 Å². The minimum absolute atomic E-state index is 0.0201. The minimum atomic E-state index is -1.14. The first kappa shape index (κ1) is 18.4. The summed E-state index contributed by atoms with van der Waals surface area (Å²) in [5.74, 6) is -1.62. The van der Waals surface area contributed by atoms with Crippen molar-refractivity contribution in [1.82, 2.24) is 5.32 Å². The van der Waals surface area contributed by atoms with Crippen LogP contribution in [0.2, 0.25) is 0 Å². The Bertz CT molecular complexity index is 903. The van der Waals surface area contributed by atoms with E-state index >= 15 is 0 Å². The Morgan fingerprint density at radius 2 is 1.88 bits per heavy atom. The lowest BCUT2D eigenvalue weighted by Crippen LogP contribution is -2.34. The number of carbonyl (C=O) groups is 2. The van der Waals surface area contributed by atoms with Gasteiger partial charge in [-0.05, 0) is 11.6 Å². The molecule has 1 aliphatic rings. The van der Waals surface area contributed by atoms with Crippen molar-refractivity contribution in [2.75, 3.05) is 7.11 Å². The van der Waals surface area contributed by atoms with Crippen LogP contribution in [0.25, 0.3) is 5.57 Å². The smallest absolute Gasteiger partial charge is 0.337 e. The maximum Gasteiger partial charge on any atom is 0.337 e. The van der Waals surface area contributed by atoms with E-state index in [1.807, 2.05) is 30.3 Å². The number of thiophene rings is 1. The molecule has 3 rings (SSSR count). The third-order valence-corrected chi connectivity index (χ3v) is 5.33. The fourth-order valence-electron chi connectivity index (χ4n) is 2.76. The van der Waals surface area contributed by atoms with Crippen molar-refractivity contribution in [3.63, 3.8) is 0 Å². The number of allylic oxidation sites excluding steroid dienone is 2. The molecule has 7 heteroatoms. The fraction of sp³-hybridized carbons (Fsp3) is 0.158. The van der Waals surface area contributed by atoms with E-state index in [9.17, 15) is 9.59 Å². The molecule has 0 saturated carbocycles. The molecule has 1 heterocycles. The highest BCUT2D eigenvalue weighted by atomic mass is 35.5. The van der Waals surface area contributed by atoms with Gasteiger partial charge in [-0.15, -0.1) is 0 Å². The third kappa shape index (κ3) is 3.58. The Morgan fingerprint density at radius 1 is 1.19 bits per heavy atom. The van der Waals surface area contributed by atoms with Crippen molar-refractivity contribution >= 4 is 40.4 Å². The van der Waals surface area contributed by atoms with Gasteiger partial charge in [-0.2, -0.15) is 11.3 Å². The molecule has 1 amide bonds. The molecule has 0 fully saturated rings. The van der Waals surface area contributed by atoms with Crippen LogP contribution in [0.3, 0.4) is 0 Å². The average molecular weight is 390 g/mol. The second kappa shape index (κ2) is 7.45. The summed E-state index contributed by atoms with van der Waals surface area (Å²) >= 11 is 7.83. The number of halogens is 1. The monoisotopic (exact) mass is 389 g/mol. The molecule has 0 radical (unpaired) electrons. The van der Waals surface area contributed by atoms with Gasteiger partial charge in [0.2, 0.25) is 0 Å². The number of carbonyl (C=O) groups excluding carboxylic acids is 1. The normalized spacial score (nSPS) is 19.5. The van der Waals surface area contributed by atoms with E-state index in [1.54, 1.807) is 12.2 Å². The molecular weight excluding hydrogens is 374 g/mol. The summed E-state index contributed by atoms with van der Waals surface area (Å²) in [6.45, 7) is 0. The third-order valence-electron chi connectivity index (χ3n) is 4.09. The van der Waals surface area contributed by atoms with Crippen LogP contribution in [0.5, 0.6) is 0 Å². The molecule has 2 N–H and O–H groups in total. The van der Waals surface area contributed by atoms with Gasteiger partial charge in [0, 0.05) is 35.6 Å². The van der Waals surface area contributed by atoms with E-state index < -0.39 is 16.9 Å². The zero-order valence-corrected chi connectivity index (χ0v) is 15.4. The van der Waals surface area contributed by atoms with Gasteiger partial charge in [-0.25, -0.2) is 4.79 Å². The summed E-state index contributed by atoms with van der Waals surface area (Å²) in [7, 11) is 1.51. The van der Waals surface area contributed by atoms with E-state index in [0.717, 1.165) is 22.5 Å². The van der Waals surface area contributed by atoms with Gasteiger partial charge >= 0.3 is 5.97 Å². The molecule has 1 aliphatic carbocycles. The summed E-state index contributed by atoms with van der Waals surface area (Å²) in [4.78, 5) is 23.6. The number of alkyl halides is 1. The zero-order chi connectivity index (χ0) is 18.7. The number of ether oxygens (including phenoxy) is 1. The van der Waals surface area contributed by atoms with Crippen LogP contribution in [0.15, 0.2) is 58.9 Å². The van der Waals surface area contributed by atoms with Crippen LogP contribution in [-0.2, 0) is 4.74 Å². The quantitative estimate of drug-likeness (QED) is 0.754. The molecular formula is C19H16ClNO4S. The van der Waals surface area contributed by atoms with Gasteiger partial charge in [0.25, 0.3) is 5.91 Å². The molecule has 1 atom stereocenters. The van der Waals surface area contributed by atoms with Crippen LogP contribution < -0.4 is 5.32 Å². The molecule has 1 aromatic heterocycles. The molecule has 0 aliphatic heterocycles. The highest BCUT2D eigenvalue weighted by Gasteiger charge is 2.36. The number of carboxylic acids is 1. The van der Waals surface area contributed by atoms with Crippen LogP contribution >= 0.6 is 22.9 Å². The first-order valence-corrected chi connectivity index (χ1v) is 9.08. The molecule has 1 aromatic carbocycles. The van der Waals surface area contributed by atoms with Gasteiger partial charge in [-0.3, -0.25) is 4.79 Å². The van der Waals surface area contributed by atoms with E-state index in [2.05, 4.69) is 5.32 Å². The lowest BCUT2D eigenvalue weighted by atomic mass is 9.92. The molecule has 2 aromatic rings. The van der Waals surface area contributed by atoms with Crippen molar-refractivity contribution < 1.29 is 19.4 Å². The van der Waals surface area contributed by atoms with Crippen LogP contribution in [0.4, 0.5) is 0 Å². The standard InChI is InChI=1S/C19H16ClNO4S/c1-25-19(20)9-13(7-8-16(19)12-5-3-2-4-6-12)21-17(22)14-10-26-11-15(14)18(23)24/h2-8,10-11H,9H2,1H3,(H,21,22)(H,23,24). The molecule has 1 unspecified atom stereocenters. The van der Waals surface area contributed by atoms with Gasteiger partial charge in [0.15, 0.2) is 5.06 Å². The number of aromatic carboxylic acids is 1. The van der Waals surface area contributed by atoms with Crippen molar-refractivity contribution in [3.05, 3.63) is 75.6 Å². The van der Waals surface area contributed by atoms with Crippen LogP contribution in [-0.4, -0.2) is 29.2 Å². The summed E-state index contributed by atoms with van der Waals surface area (Å²) in [5.41, 5.74) is 2.38. The summed E-state index contributed by atoms with van der Waals surface area (Å²) in [6.07, 6.45) is 3.80. The molecule has 134 valence electrons. The Hall–Kier alpha value is -2.41. The maximum atomic E-state index is 12.4. The predicted octanol–water partition coefficient (Wildman–Crippen LogP) is 4.13. The number of nitrogens with one attached hydrogen (secondary N) is 1. The number of carboxylic acid groups (broad SMARTS) is 1. The minimum Gasteiger partial charge on any atom is -0.478 e. The lowest BCUT2D eigenvalue weighted by Gasteiger charge is -2.32. The van der Waals surface area contributed by atoms with Crippen LogP contribution in [0, 0.1) is 0 Å². The van der Waals surface area contributed by atoms with Gasteiger partial charge in [-0.1, -0.05) is 48.0 Å². The lowest BCUT2D eigenvalue weighted by molar-refractivity contribution is 0.0691. The first-order valence-electron chi connectivity index (χ1n) is 7.76. The SMILES string of the molecule is COC1(Cl)CC(NC(=O)c2cscc2C(=O)O)=CC=C1c1ccccc1. The molecule has 0 saturated heterocycles. The van der Waals surface area contributed by atoms with Gasteiger partial charge < -0.3 is 15.2 Å². The van der Waals surface area contributed by atoms with E-state index in [-0.39, 0.29) is 17.5 Å². The number of amides is 1. The molecule has 26 heavy (non-hydrogen) atoms. The number of hydrogen-bond donors (Lipinski definition) is 2. The number of methoxy groups -OCH3 is 1. The second-order valence-corrected chi connectivity index (χ2v) is 7.06. The Balaban J connectivity index is 1.87.